The van der Waals surface area contributed by atoms with E-state index in [-0.39, 0.29) is 18.5 Å². The Morgan fingerprint density at radius 2 is 2.00 bits per heavy atom. The van der Waals surface area contributed by atoms with Gasteiger partial charge in [-0.05, 0) is 12.1 Å². The minimum atomic E-state index is -0.975. The summed E-state index contributed by atoms with van der Waals surface area (Å²) in [5, 5.41) is 13.3. The van der Waals surface area contributed by atoms with Crippen LogP contribution in [0.25, 0.3) is 11.3 Å². The molecule has 1 aromatic heterocycles. The van der Waals surface area contributed by atoms with Crippen LogP contribution >= 0.6 is 11.6 Å². The normalized spacial score (nSPS) is 10.4. The van der Waals surface area contributed by atoms with E-state index in [1.807, 2.05) is 6.07 Å². The van der Waals surface area contributed by atoms with Gasteiger partial charge >= 0.3 is 5.97 Å². The van der Waals surface area contributed by atoms with E-state index in [1.165, 1.54) is 6.07 Å². The summed E-state index contributed by atoms with van der Waals surface area (Å²) in [5.41, 5.74) is 0.904. The number of hydrogen-bond donors (Lipinski definition) is 1. The fraction of sp³-hybridized carbons (Fsp3) is 0.154. The van der Waals surface area contributed by atoms with E-state index in [1.54, 1.807) is 24.3 Å². The Balaban J connectivity index is 2.38. The van der Waals surface area contributed by atoms with E-state index < -0.39 is 5.97 Å². The molecule has 0 fully saturated rings. The summed E-state index contributed by atoms with van der Waals surface area (Å²) < 4.78 is 1.13. The van der Waals surface area contributed by atoms with Gasteiger partial charge in [-0.25, -0.2) is 4.68 Å². The number of hydrogen-bond acceptors (Lipinski definition) is 3. The lowest BCUT2D eigenvalue weighted by Gasteiger charge is -2.07. The number of carboxylic acid groups (broad SMARTS) is 1. The Morgan fingerprint density at radius 3 is 2.68 bits per heavy atom. The minimum Gasteiger partial charge on any atom is -0.481 e. The van der Waals surface area contributed by atoms with Gasteiger partial charge in [0.2, 0.25) is 0 Å². The van der Waals surface area contributed by atoms with Crippen molar-refractivity contribution in [1.82, 2.24) is 9.78 Å². The van der Waals surface area contributed by atoms with E-state index in [2.05, 4.69) is 5.10 Å². The van der Waals surface area contributed by atoms with Crippen molar-refractivity contribution in [3.05, 3.63) is 51.8 Å². The molecule has 0 bridgehead atoms. The van der Waals surface area contributed by atoms with Crippen LogP contribution in [0.5, 0.6) is 0 Å². The van der Waals surface area contributed by atoms with Gasteiger partial charge in [-0.1, -0.05) is 29.8 Å². The van der Waals surface area contributed by atoms with Crippen LogP contribution in [-0.4, -0.2) is 20.9 Å². The molecule has 0 atom stereocenters. The number of carboxylic acids is 1. The van der Waals surface area contributed by atoms with Gasteiger partial charge < -0.3 is 5.11 Å². The molecule has 0 aliphatic heterocycles. The molecule has 0 spiro atoms. The number of carbonyl (C=O) groups is 1. The Hall–Kier alpha value is -2.14. The molecule has 1 heterocycles. The van der Waals surface area contributed by atoms with Crippen molar-refractivity contribution in [2.24, 2.45) is 0 Å². The van der Waals surface area contributed by atoms with Crippen molar-refractivity contribution in [3.8, 4) is 11.3 Å². The Labute approximate surface area is 114 Å². The molecule has 0 unspecified atom stereocenters. The van der Waals surface area contributed by atoms with Crippen molar-refractivity contribution >= 4 is 17.6 Å². The van der Waals surface area contributed by atoms with E-state index in [9.17, 15) is 9.59 Å². The van der Waals surface area contributed by atoms with E-state index in [0.717, 1.165) is 4.68 Å². The van der Waals surface area contributed by atoms with Crippen molar-refractivity contribution < 1.29 is 9.90 Å². The molecule has 5 nitrogen and oxygen atoms in total. The second-order valence-corrected chi connectivity index (χ2v) is 4.31. The van der Waals surface area contributed by atoms with Crippen molar-refractivity contribution in [1.29, 1.82) is 0 Å². The Morgan fingerprint density at radius 1 is 1.26 bits per heavy atom. The second kappa shape index (κ2) is 5.67. The third-order valence-electron chi connectivity index (χ3n) is 2.55. The van der Waals surface area contributed by atoms with E-state index in [4.69, 9.17) is 16.7 Å². The summed E-state index contributed by atoms with van der Waals surface area (Å²) in [6, 6.07) is 10.1. The van der Waals surface area contributed by atoms with Crippen LogP contribution in [0.3, 0.4) is 0 Å². The average molecular weight is 279 g/mol. The van der Waals surface area contributed by atoms with Crippen LogP contribution < -0.4 is 5.56 Å². The number of rotatable bonds is 4. The molecular weight excluding hydrogens is 268 g/mol. The molecule has 0 saturated heterocycles. The van der Waals surface area contributed by atoms with Gasteiger partial charge in [0.15, 0.2) is 0 Å². The number of aromatic nitrogens is 2. The number of aryl methyl sites for hydroxylation is 1. The number of benzene rings is 1. The molecule has 1 aromatic carbocycles. The molecule has 0 aliphatic rings. The summed E-state index contributed by atoms with van der Waals surface area (Å²) in [6.07, 6.45) is -0.154. The van der Waals surface area contributed by atoms with Crippen LogP contribution in [0, 0.1) is 0 Å². The molecule has 0 radical (unpaired) electrons. The van der Waals surface area contributed by atoms with Crippen LogP contribution in [0.15, 0.2) is 41.2 Å². The van der Waals surface area contributed by atoms with Crippen LogP contribution in [0.1, 0.15) is 6.42 Å². The molecule has 2 aromatic rings. The number of aliphatic carboxylic acids is 1. The summed E-state index contributed by atoms with van der Waals surface area (Å²) in [4.78, 5) is 22.1. The van der Waals surface area contributed by atoms with Crippen molar-refractivity contribution in [2.75, 3.05) is 0 Å². The number of nitrogens with zero attached hydrogens (tertiary/aromatic N) is 2. The summed E-state index contributed by atoms with van der Waals surface area (Å²) in [7, 11) is 0. The van der Waals surface area contributed by atoms with Gasteiger partial charge in [0.1, 0.15) is 0 Å². The molecular formula is C13H11ClN2O3. The fourth-order valence-corrected chi connectivity index (χ4v) is 1.86. The van der Waals surface area contributed by atoms with Gasteiger partial charge in [0.05, 0.1) is 23.7 Å². The zero-order chi connectivity index (χ0) is 13.8. The monoisotopic (exact) mass is 278 g/mol. The third kappa shape index (κ3) is 3.20. The highest BCUT2D eigenvalue weighted by Gasteiger charge is 2.07. The topological polar surface area (TPSA) is 72.2 Å². The van der Waals surface area contributed by atoms with Crippen LogP contribution in [0.2, 0.25) is 5.02 Å². The van der Waals surface area contributed by atoms with Crippen LogP contribution in [-0.2, 0) is 11.3 Å². The first-order valence-corrected chi connectivity index (χ1v) is 6.00. The highest BCUT2D eigenvalue weighted by atomic mass is 35.5. The number of halogens is 1. The quantitative estimate of drug-likeness (QED) is 0.929. The minimum absolute atomic E-state index is 0.0342. The van der Waals surface area contributed by atoms with Crippen LogP contribution in [0.4, 0.5) is 0 Å². The van der Waals surface area contributed by atoms with Gasteiger partial charge in [0, 0.05) is 11.6 Å². The molecule has 0 amide bonds. The third-order valence-corrected chi connectivity index (χ3v) is 2.88. The molecule has 0 saturated carbocycles. The standard InChI is InChI=1S/C13H11ClN2O3/c14-10-4-2-1-3-9(10)11-5-6-12(17)16(15-11)8-7-13(18)19/h1-6H,7-8H2,(H,18,19). The molecule has 98 valence electrons. The second-order valence-electron chi connectivity index (χ2n) is 3.90. The van der Waals surface area contributed by atoms with Gasteiger partial charge in [-0.15, -0.1) is 0 Å². The lowest BCUT2D eigenvalue weighted by atomic mass is 10.1. The zero-order valence-electron chi connectivity index (χ0n) is 9.91. The lowest BCUT2D eigenvalue weighted by molar-refractivity contribution is -0.137. The Kier molecular flexibility index (Phi) is 3.97. The lowest BCUT2D eigenvalue weighted by Crippen LogP contribution is -2.23. The first kappa shape index (κ1) is 13.3. The predicted molar refractivity (Wildman–Crippen MR) is 71.2 cm³/mol. The Bertz CT molecular complexity index is 667. The average Bonchev–Trinajstić information content (AvgIpc) is 2.38. The molecule has 1 N–H and O–H groups in total. The maximum absolute atomic E-state index is 11.6. The van der Waals surface area contributed by atoms with E-state index >= 15 is 0 Å². The maximum atomic E-state index is 11.6. The van der Waals surface area contributed by atoms with Crippen molar-refractivity contribution in [2.45, 2.75) is 13.0 Å². The molecule has 2 rings (SSSR count). The fourth-order valence-electron chi connectivity index (χ4n) is 1.62. The first-order chi connectivity index (χ1) is 9.08. The smallest absolute Gasteiger partial charge is 0.305 e. The molecule has 6 heteroatoms. The van der Waals surface area contributed by atoms with Gasteiger partial charge in [0.25, 0.3) is 5.56 Å². The predicted octanol–water partition coefficient (Wildman–Crippen LogP) is 2.04. The summed E-state index contributed by atoms with van der Waals surface area (Å²) in [5.74, 6) is -0.975. The van der Waals surface area contributed by atoms with Gasteiger partial charge in [-0.2, -0.15) is 5.10 Å². The first-order valence-electron chi connectivity index (χ1n) is 5.63. The largest absolute Gasteiger partial charge is 0.481 e. The molecule has 19 heavy (non-hydrogen) atoms. The van der Waals surface area contributed by atoms with E-state index in [0.29, 0.717) is 16.3 Å². The summed E-state index contributed by atoms with van der Waals surface area (Å²) >= 11 is 6.06. The highest BCUT2D eigenvalue weighted by molar-refractivity contribution is 6.33. The summed E-state index contributed by atoms with van der Waals surface area (Å²) in [6.45, 7) is 0.0342. The van der Waals surface area contributed by atoms with Gasteiger partial charge in [-0.3, -0.25) is 9.59 Å². The highest BCUT2D eigenvalue weighted by Crippen LogP contribution is 2.24. The SMILES string of the molecule is O=C(O)CCn1nc(-c2ccccc2Cl)ccc1=O. The zero-order valence-corrected chi connectivity index (χ0v) is 10.7. The van der Waals surface area contributed by atoms with Crippen molar-refractivity contribution in [3.63, 3.8) is 0 Å². The maximum Gasteiger partial charge on any atom is 0.305 e. The molecule has 0 aliphatic carbocycles.